The monoisotopic (exact) mass is 260 g/mol. The number of carboxylic acids is 1. The van der Waals surface area contributed by atoms with Gasteiger partial charge < -0.3 is 20.5 Å². The molecule has 0 aliphatic heterocycles. The van der Waals surface area contributed by atoms with Crippen LogP contribution in [0.2, 0.25) is 0 Å². The molecule has 0 rings (SSSR count). The van der Waals surface area contributed by atoms with Crippen LogP contribution in [-0.2, 0) is 9.53 Å². The number of hydrogen-bond acceptors (Lipinski definition) is 3. The largest absolute Gasteiger partial charge is 0.480 e. The number of nitrogens with one attached hydrogen (secondary N) is 2. The maximum atomic E-state index is 11.7. The fourth-order valence-electron chi connectivity index (χ4n) is 1.35. The summed E-state index contributed by atoms with van der Waals surface area (Å²) in [6, 6.07) is -1.45. The molecule has 0 heterocycles. The molecule has 3 N–H and O–H groups in total. The van der Waals surface area contributed by atoms with Crippen LogP contribution >= 0.6 is 0 Å². The zero-order chi connectivity index (χ0) is 14.1. The van der Waals surface area contributed by atoms with Gasteiger partial charge in [-0.15, -0.1) is 0 Å². The lowest BCUT2D eigenvalue weighted by Crippen LogP contribution is -2.51. The van der Waals surface area contributed by atoms with Gasteiger partial charge in [0.15, 0.2) is 0 Å². The second-order valence-corrected chi connectivity index (χ2v) is 4.43. The van der Waals surface area contributed by atoms with Gasteiger partial charge in [0.1, 0.15) is 6.04 Å². The van der Waals surface area contributed by atoms with Crippen LogP contribution in [0.5, 0.6) is 0 Å². The van der Waals surface area contributed by atoms with Gasteiger partial charge in [-0.3, -0.25) is 0 Å². The lowest BCUT2D eigenvalue weighted by atomic mass is 10.1. The Bertz CT molecular complexity index is 269. The molecule has 2 atom stereocenters. The van der Waals surface area contributed by atoms with Crippen LogP contribution in [-0.4, -0.2) is 42.4 Å². The number of aliphatic carboxylic acids is 1. The Balaban J connectivity index is 4.28. The minimum atomic E-state index is -1.03. The first kappa shape index (κ1) is 16.7. The fraction of sp³-hybridized carbons (Fsp3) is 0.833. The molecular weight excluding hydrogens is 236 g/mol. The van der Waals surface area contributed by atoms with E-state index in [1.54, 1.807) is 6.92 Å². The Morgan fingerprint density at radius 1 is 1.22 bits per heavy atom. The number of carbonyl (C=O) groups is 2. The predicted octanol–water partition coefficient (Wildman–Crippen LogP) is 1.21. The summed E-state index contributed by atoms with van der Waals surface area (Å²) in [5, 5.41) is 14.0. The van der Waals surface area contributed by atoms with Crippen molar-refractivity contribution in [2.24, 2.45) is 5.92 Å². The van der Waals surface area contributed by atoms with Crippen molar-refractivity contribution in [3.05, 3.63) is 0 Å². The smallest absolute Gasteiger partial charge is 0.326 e. The zero-order valence-electron chi connectivity index (χ0n) is 11.5. The number of ether oxygens (including phenoxy) is 1. The number of carbonyl (C=O) groups excluding carboxylic acids is 1. The Morgan fingerprint density at radius 3 is 2.22 bits per heavy atom. The molecule has 0 bridgehead atoms. The molecule has 1 unspecified atom stereocenters. The van der Waals surface area contributed by atoms with Gasteiger partial charge in [-0.05, 0) is 19.3 Å². The van der Waals surface area contributed by atoms with Crippen LogP contribution < -0.4 is 10.6 Å². The molecular formula is C12H24N2O4. The third kappa shape index (κ3) is 6.44. The van der Waals surface area contributed by atoms with E-state index in [-0.39, 0.29) is 12.0 Å². The molecule has 106 valence electrons. The van der Waals surface area contributed by atoms with E-state index in [9.17, 15) is 9.59 Å². The van der Waals surface area contributed by atoms with Crippen molar-refractivity contribution < 1.29 is 19.4 Å². The van der Waals surface area contributed by atoms with Crippen LogP contribution in [0.1, 0.15) is 34.1 Å². The van der Waals surface area contributed by atoms with E-state index in [1.807, 2.05) is 20.8 Å². The van der Waals surface area contributed by atoms with Crippen LogP contribution in [0, 0.1) is 5.92 Å². The topological polar surface area (TPSA) is 87.7 Å². The molecule has 6 heteroatoms. The normalized spacial score (nSPS) is 14.1. The van der Waals surface area contributed by atoms with Gasteiger partial charge in [0.25, 0.3) is 0 Å². The lowest BCUT2D eigenvalue weighted by Gasteiger charge is -2.23. The molecule has 2 amide bonds. The number of carboxylic acid groups (broad SMARTS) is 1. The number of hydrogen-bond donors (Lipinski definition) is 3. The quantitative estimate of drug-likeness (QED) is 0.612. The molecule has 0 aliphatic carbocycles. The third-order valence-electron chi connectivity index (χ3n) is 2.63. The number of urea groups is 1. The van der Waals surface area contributed by atoms with Crippen LogP contribution in [0.4, 0.5) is 4.79 Å². The van der Waals surface area contributed by atoms with Crippen molar-refractivity contribution >= 4 is 12.0 Å². The molecule has 18 heavy (non-hydrogen) atoms. The van der Waals surface area contributed by atoms with Gasteiger partial charge in [0, 0.05) is 6.61 Å². The van der Waals surface area contributed by atoms with E-state index in [4.69, 9.17) is 9.84 Å². The van der Waals surface area contributed by atoms with Gasteiger partial charge in [-0.2, -0.15) is 0 Å². The van der Waals surface area contributed by atoms with Crippen molar-refractivity contribution in [3.63, 3.8) is 0 Å². The highest BCUT2D eigenvalue weighted by Crippen LogP contribution is 2.02. The molecule has 0 aliphatic rings. The van der Waals surface area contributed by atoms with Gasteiger partial charge in [0.05, 0.1) is 12.6 Å². The van der Waals surface area contributed by atoms with E-state index in [0.717, 1.165) is 0 Å². The first-order valence-electron chi connectivity index (χ1n) is 6.29. The Labute approximate surface area is 108 Å². The second-order valence-electron chi connectivity index (χ2n) is 4.43. The number of rotatable bonds is 8. The van der Waals surface area contributed by atoms with Gasteiger partial charge >= 0.3 is 12.0 Å². The minimum absolute atomic E-state index is 0.128. The van der Waals surface area contributed by atoms with E-state index in [1.165, 1.54) is 0 Å². The fourth-order valence-corrected chi connectivity index (χ4v) is 1.35. The van der Waals surface area contributed by atoms with Crippen LogP contribution in [0.3, 0.4) is 0 Å². The molecule has 0 saturated heterocycles. The van der Waals surface area contributed by atoms with E-state index in [2.05, 4.69) is 10.6 Å². The summed E-state index contributed by atoms with van der Waals surface area (Å²) < 4.78 is 5.28. The molecule has 0 aromatic rings. The highest BCUT2D eigenvalue weighted by Gasteiger charge is 2.21. The summed E-state index contributed by atoms with van der Waals surface area (Å²) in [5.74, 6) is -0.814. The lowest BCUT2D eigenvalue weighted by molar-refractivity contribution is -0.139. The van der Waals surface area contributed by atoms with Gasteiger partial charge in [-0.25, -0.2) is 9.59 Å². The average molecular weight is 260 g/mol. The Hall–Kier alpha value is -1.30. The highest BCUT2D eigenvalue weighted by molar-refractivity contribution is 5.82. The van der Waals surface area contributed by atoms with Crippen LogP contribution in [0.15, 0.2) is 0 Å². The third-order valence-corrected chi connectivity index (χ3v) is 2.63. The van der Waals surface area contributed by atoms with Crippen molar-refractivity contribution in [2.45, 2.75) is 46.2 Å². The number of amides is 2. The van der Waals surface area contributed by atoms with E-state index >= 15 is 0 Å². The summed E-state index contributed by atoms with van der Waals surface area (Å²) in [4.78, 5) is 22.4. The average Bonchev–Trinajstić information content (AvgIpc) is 2.30. The van der Waals surface area contributed by atoms with E-state index in [0.29, 0.717) is 19.6 Å². The molecule has 0 radical (unpaired) electrons. The Kier molecular flexibility index (Phi) is 8.11. The first-order valence-corrected chi connectivity index (χ1v) is 6.29. The molecule has 0 aromatic carbocycles. The highest BCUT2D eigenvalue weighted by atomic mass is 16.5. The predicted molar refractivity (Wildman–Crippen MR) is 68.5 cm³/mol. The maximum Gasteiger partial charge on any atom is 0.326 e. The Morgan fingerprint density at radius 2 is 1.83 bits per heavy atom. The minimum Gasteiger partial charge on any atom is -0.480 e. The van der Waals surface area contributed by atoms with Crippen LogP contribution in [0.25, 0.3) is 0 Å². The summed E-state index contributed by atoms with van der Waals surface area (Å²) >= 11 is 0. The van der Waals surface area contributed by atoms with Gasteiger partial charge in [0.2, 0.25) is 0 Å². The zero-order valence-corrected chi connectivity index (χ0v) is 11.5. The van der Waals surface area contributed by atoms with Crippen molar-refractivity contribution in [3.8, 4) is 0 Å². The second kappa shape index (κ2) is 8.74. The van der Waals surface area contributed by atoms with Gasteiger partial charge in [-0.1, -0.05) is 20.8 Å². The maximum absolute atomic E-state index is 11.7. The first-order chi connectivity index (χ1) is 8.42. The summed E-state index contributed by atoms with van der Waals surface area (Å²) in [7, 11) is 0. The molecule has 0 aromatic heterocycles. The summed E-state index contributed by atoms with van der Waals surface area (Å²) in [6.07, 6.45) is 0.348. The van der Waals surface area contributed by atoms with Crippen molar-refractivity contribution in [2.75, 3.05) is 13.2 Å². The molecule has 6 nitrogen and oxygen atoms in total. The summed E-state index contributed by atoms with van der Waals surface area (Å²) in [6.45, 7) is 8.54. The summed E-state index contributed by atoms with van der Waals surface area (Å²) in [5.41, 5.74) is 0. The molecule has 0 spiro atoms. The van der Waals surface area contributed by atoms with Crippen molar-refractivity contribution in [1.82, 2.24) is 10.6 Å². The van der Waals surface area contributed by atoms with Crippen molar-refractivity contribution in [1.29, 1.82) is 0 Å². The standard InChI is InChI=1S/C12H24N2O4/c1-5-9(11(15)16)13-12(17)14-10(8(3)4)7-18-6-2/h8-10H,5-7H2,1-4H3,(H,15,16)(H2,13,14,17)/t9-,10?/m1/s1. The van der Waals surface area contributed by atoms with E-state index < -0.39 is 18.0 Å². The SMILES string of the molecule is CCOCC(NC(=O)N[C@H](CC)C(=O)O)C(C)C. The molecule has 0 fully saturated rings. The molecule has 0 saturated carbocycles.